The third-order valence-electron chi connectivity index (χ3n) is 31.1. The van der Waals surface area contributed by atoms with Crippen LogP contribution in [0.1, 0.15) is 254 Å². The number of alkyl carbamates (subject to hydrolysis) is 1. The van der Waals surface area contributed by atoms with Gasteiger partial charge >= 0.3 is 12.1 Å². The van der Waals surface area contributed by atoms with E-state index in [1.54, 1.807) is 20.8 Å². The summed E-state index contributed by atoms with van der Waals surface area (Å²) in [6.45, 7) is 39.3. The number of hydrogen-bond acceptors (Lipinski definition) is 14. The maximum Gasteiger partial charge on any atom is 0.408 e. The first kappa shape index (κ1) is 75.2. The van der Waals surface area contributed by atoms with Crippen LogP contribution in [0.5, 0.6) is 5.75 Å². The fourth-order valence-corrected chi connectivity index (χ4v) is 26.4. The van der Waals surface area contributed by atoms with Gasteiger partial charge in [-0.15, -0.1) is 0 Å². The molecule has 1 amide bonds. The zero-order valence-electron chi connectivity index (χ0n) is 61.6. The van der Waals surface area contributed by atoms with Crippen LogP contribution >= 0.6 is 0 Å². The quantitative estimate of drug-likeness (QED) is 0.0483. The van der Waals surface area contributed by atoms with Crippen molar-refractivity contribution >= 4 is 12.1 Å². The van der Waals surface area contributed by atoms with Crippen LogP contribution in [-0.2, 0) is 23.7 Å². The van der Waals surface area contributed by atoms with E-state index in [9.17, 15) is 67.3 Å². The molecule has 97 heavy (non-hydrogen) atoms. The molecule has 2 aliphatic heterocycles. The lowest BCUT2D eigenvalue weighted by Crippen LogP contribution is -2.63. The van der Waals surface area contributed by atoms with E-state index in [1.807, 2.05) is 41.5 Å². The van der Waals surface area contributed by atoms with Crippen molar-refractivity contribution in [2.75, 3.05) is 0 Å². The first-order valence-corrected chi connectivity index (χ1v) is 36.9. The summed E-state index contributed by atoms with van der Waals surface area (Å²) in [6.07, 6.45) is 13.3. The van der Waals surface area contributed by atoms with Gasteiger partial charge in [0.15, 0.2) is 5.75 Å². The van der Waals surface area contributed by atoms with Crippen molar-refractivity contribution < 1.29 is 91.3 Å². The SMILES string of the molecule is CC(C)(O)[C@@H]1CC[C@](C)([C@H]2[C@@H](O)C[C@@]3(C)C4C[C@H](O)[C@H]5C(C)(C)[C@@H](O)CC[C@@]56CC46CC[C@]23C)O1.CCC(C)[C@H](NC(=O)OC(C)(C)C)C(=O)O[C@H]1CC[C@]23CC24CC[C@]2(C)[C@@H]([C@@]5(C)CC[C@@H](C(C)(C)O)O5)[C@@H](O)C[C@@]2(C)C4C[C@H](O)[C@H]3C1(C)C.Oc1c(F)c(F)c(F)c(F)c1F. The molecule has 12 fully saturated rings. The molecule has 0 aromatic heterocycles. The molecule has 20 heteroatoms. The summed E-state index contributed by atoms with van der Waals surface area (Å²) < 4.78 is 85.9. The Hall–Kier alpha value is -2.95. The molecule has 4 spiro atoms. The van der Waals surface area contributed by atoms with Gasteiger partial charge in [-0.25, -0.2) is 22.8 Å². The molecular weight excluding hydrogens is 1260 g/mol. The number of aromatic hydroxyl groups is 1. The normalized spacial score (nSPS) is 47.8. The van der Waals surface area contributed by atoms with E-state index < -0.39 is 111 Å². The Kier molecular flexibility index (Phi) is 18.2. The molecule has 13 rings (SSSR count). The number of esters is 1. The maximum atomic E-state index is 13.8. The van der Waals surface area contributed by atoms with Crippen molar-refractivity contribution in [1.29, 1.82) is 0 Å². The van der Waals surface area contributed by atoms with Gasteiger partial charge in [-0.2, -0.15) is 8.78 Å². The standard InChI is InChI=1S/C41H69NO8.C30H50O5.C6HF5O/c1-13-23(2)29(42-33(46)50-34(3,4)5)32(45)48-27-15-17-41-22-40(41)19-18-37(10)31(39(12)16-14-28(49-39)36(8,9)47)25(44)21-38(37,11)26(40)20-24(43)30(41)35(27,6)7;1-24(2)20(33)8-11-30-16-29(30)13-12-26(5)23(28(7)10-9-21(35-28)25(3,4)34)18(32)15-27(26,6)19(29)14-17(31)22(24)30;7-1-2(8)4(10)6(12)5(11)3(1)9/h23-31,43-44,47H,13-22H2,1-12H3,(H,42,46);17-23,31-34H,8-16H2,1-7H3;12H/t23?,24-,25-,26?,27-,28-,29-,30-,31-,37+,38-,39+,40?,41+;17-,18-,19?,20-,21-,22-,23-,26+,27-,28+,29?,30+;/m00./s1. The number of phenols is 1. The molecule has 0 bridgehead atoms. The van der Waals surface area contributed by atoms with Crippen LogP contribution in [0.4, 0.5) is 26.7 Å². The average molecular weight is 1380 g/mol. The Labute approximate surface area is 573 Å². The number of benzene rings is 1. The molecule has 26 atom stereocenters. The molecule has 2 saturated heterocycles. The first-order chi connectivity index (χ1) is 44.3. The van der Waals surface area contributed by atoms with E-state index in [4.69, 9.17) is 24.1 Å². The Bertz CT molecular complexity index is 3120. The van der Waals surface area contributed by atoms with Gasteiger partial charge in [0.1, 0.15) is 17.7 Å². The summed E-state index contributed by atoms with van der Waals surface area (Å²) in [5.41, 5.74) is -4.24. The summed E-state index contributed by atoms with van der Waals surface area (Å²) in [4.78, 5) is 26.6. The lowest BCUT2D eigenvalue weighted by molar-refractivity contribution is -0.218. The molecule has 5 unspecified atom stereocenters. The van der Waals surface area contributed by atoms with E-state index in [2.05, 4.69) is 74.6 Å². The number of halogens is 5. The van der Waals surface area contributed by atoms with Crippen LogP contribution in [-0.4, -0.2) is 136 Å². The number of carbonyl (C=O) groups is 2. The fraction of sp³-hybridized carbons (Fsp3) is 0.896. The number of fused-ring (bicyclic) bond motifs is 4. The van der Waals surface area contributed by atoms with Gasteiger partial charge in [0.25, 0.3) is 0 Å². The van der Waals surface area contributed by atoms with Gasteiger partial charge < -0.3 is 65.1 Å². The first-order valence-electron chi connectivity index (χ1n) is 36.9. The van der Waals surface area contributed by atoms with Crippen molar-refractivity contribution in [2.24, 2.45) is 95.6 Å². The largest absolute Gasteiger partial charge is 0.503 e. The zero-order chi connectivity index (χ0) is 72.3. The number of hydrogen-bond donors (Lipinski definition) is 9. The third kappa shape index (κ3) is 10.9. The van der Waals surface area contributed by atoms with Crippen LogP contribution in [0, 0.1) is 125 Å². The number of phenolic OH excluding ortho intramolecular Hbond substituents is 1. The minimum Gasteiger partial charge on any atom is -0.503 e. The van der Waals surface area contributed by atoms with Gasteiger partial charge in [0.05, 0.1) is 65.1 Å². The molecule has 552 valence electrons. The molecule has 10 aliphatic carbocycles. The van der Waals surface area contributed by atoms with E-state index in [1.165, 1.54) is 6.42 Å². The Balaban J connectivity index is 0.000000174. The second-order valence-corrected chi connectivity index (χ2v) is 38.6. The van der Waals surface area contributed by atoms with E-state index in [0.717, 1.165) is 96.3 Å². The monoisotopic (exact) mass is 1380 g/mol. The van der Waals surface area contributed by atoms with Crippen LogP contribution < -0.4 is 5.32 Å². The molecule has 12 aliphatic rings. The number of aliphatic hydroxyl groups excluding tert-OH is 5. The number of ether oxygens (including phenoxy) is 4. The molecule has 1 aromatic rings. The summed E-state index contributed by atoms with van der Waals surface area (Å²) in [5, 5.41) is 91.2. The average Bonchev–Trinajstić information content (AvgIpc) is 1.47. The summed E-state index contributed by atoms with van der Waals surface area (Å²) >= 11 is 0. The summed E-state index contributed by atoms with van der Waals surface area (Å²) in [6, 6.07) is -0.823. The van der Waals surface area contributed by atoms with Crippen LogP contribution in [0.15, 0.2) is 0 Å². The minimum atomic E-state index is -2.29. The van der Waals surface area contributed by atoms with E-state index in [0.29, 0.717) is 25.2 Å². The second kappa shape index (κ2) is 23.5. The summed E-state index contributed by atoms with van der Waals surface area (Å²) in [5.74, 6) is -12.7. The maximum absolute atomic E-state index is 13.8. The molecule has 15 nitrogen and oxygen atoms in total. The van der Waals surface area contributed by atoms with E-state index >= 15 is 0 Å². The topological polar surface area (TPSA) is 245 Å². The van der Waals surface area contributed by atoms with Crippen LogP contribution in [0.2, 0.25) is 0 Å². The number of rotatable bonds is 9. The number of amides is 1. The minimum absolute atomic E-state index is 0.0167. The Morgan fingerprint density at radius 1 is 0.536 bits per heavy atom. The molecule has 0 radical (unpaired) electrons. The van der Waals surface area contributed by atoms with Crippen molar-refractivity contribution in [3.63, 3.8) is 0 Å². The summed E-state index contributed by atoms with van der Waals surface area (Å²) in [7, 11) is 0. The van der Waals surface area contributed by atoms with Crippen molar-refractivity contribution in [1.82, 2.24) is 5.32 Å². The number of aliphatic hydroxyl groups is 7. The van der Waals surface area contributed by atoms with Gasteiger partial charge in [-0.1, -0.05) is 75.7 Å². The second-order valence-electron chi connectivity index (χ2n) is 38.6. The highest BCUT2D eigenvalue weighted by Gasteiger charge is 2.87. The molecule has 2 heterocycles. The Morgan fingerprint density at radius 3 is 1.33 bits per heavy atom. The van der Waals surface area contributed by atoms with Gasteiger partial charge in [0, 0.05) is 17.3 Å². The van der Waals surface area contributed by atoms with Crippen molar-refractivity contribution in [2.45, 2.75) is 336 Å². The van der Waals surface area contributed by atoms with Crippen LogP contribution in [0.3, 0.4) is 0 Å². The fourth-order valence-electron chi connectivity index (χ4n) is 26.4. The lowest BCUT2D eigenvalue weighted by Gasteiger charge is -2.64. The van der Waals surface area contributed by atoms with Crippen LogP contribution in [0.25, 0.3) is 0 Å². The molecule has 1 aromatic carbocycles. The number of carbonyl (C=O) groups excluding carboxylic acids is 2. The van der Waals surface area contributed by atoms with Gasteiger partial charge in [-0.05, 0) is 256 Å². The lowest BCUT2D eigenvalue weighted by atomic mass is 9.41. The molecule has 9 N–H and O–H groups in total. The Morgan fingerprint density at radius 2 is 0.938 bits per heavy atom. The van der Waals surface area contributed by atoms with Gasteiger partial charge in [0.2, 0.25) is 29.1 Å². The highest BCUT2D eigenvalue weighted by Crippen LogP contribution is 2.91. The molecule has 10 saturated carbocycles. The zero-order valence-corrected chi connectivity index (χ0v) is 61.6. The van der Waals surface area contributed by atoms with Crippen molar-refractivity contribution in [3.8, 4) is 5.75 Å². The smallest absolute Gasteiger partial charge is 0.408 e. The molecular formula is C77H120F5NO14. The predicted octanol–water partition coefficient (Wildman–Crippen LogP) is 13.5. The predicted molar refractivity (Wildman–Crippen MR) is 353 cm³/mol. The van der Waals surface area contributed by atoms with E-state index in [-0.39, 0.29) is 109 Å². The third-order valence-corrected chi connectivity index (χ3v) is 31.1. The highest BCUT2D eigenvalue weighted by molar-refractivity contribution is 5.82. The van der Waals surface area contributed by atoms with Crippen molar-refractivity contribution in [3.05, 3.63) is 29.1 Å². The van der Waals surface area contributed by atoms with Gasteiger partial charge in [-0.3, -0.25) is 0 Å². The highest BCUT2D eigenvalue weighted by atomic mass is 19.2. The number of nitrogens with one attached hydrogen (secondary N) is 1.